The van der Waals surface area contributed by atoms with Gasteiger partial charge in [-0.25, -0.2) is 4.79 Å². The highest BCUT2D eigenvalue weighted by atomic mass is 16.4. The molecule has 2 heterocycles. The average Bonchev–Trinajstić information content (AvgIpc) is 2.94. The van der Waals surface area contributed by atoms with Gasteiger partial charge >= 0.3 is 5.76 Å². The Hall–Kier alpha value is -2.27. The van der Waals surface area contributed by atoms with Crippen molar-refractivity contribution in [3.8, 4) is 0 Å². The van der Waals surface area contributed by atoms with Gasteiger partial charge in [0.2, 0.25) is 0 Å². The van der Waals surface area contributed by atoms with Gasteiger partial charge < -0.3 is 13.9 Å². The van der Waals surface area contributed by atoms with Crippen LogP contribution < -0.4 is 5.76 Å². The molecule has 3 aromatic rings. The molecule has 1 unspecified atom stereocenters. The SMILES string of the molecule is Cc1cc(C(O)c2ccc3c(c2)oc(=O)n3C)co1. The number of aliphatic hydroxyl groups is 1. The van der Waals surface area contributed by atoms with Crippen LogP contribution in [-0.2, 0) is 7.05 Å². The number of oxazole rings is 1. The van der Waals surface area contributed by atoms with Crippen molar-refractivity contribution in [2.45, 2.75) is 13.0 Å². The zero-order chi connectivity index (χ0) is 13.6. The number of aromatic nitrogens is 1. The van der Waals surface area contributed by atoms with Crippen LogP contribution in [0.4, 0.5) is 0 Å². The van der Waals surface area contributed by atoms with E-state index < -0.39 is 11.9 Å². The van der Waals surface area contributed by atoms with E-state index in [0.717, 1.165) is 5.76 Å². The number of aliphatic hydroxyl groups excluding tert-OH is 1. The lowest BCUT2D eigenvalue weighted by Crippen LogP contribution is -2.08. The van der Waals surface area contributed by atoms with Crippen LogP contribution in [0.5, 0.6) is 0 Å². The van der Waals surface area contributed by atoms with Gasteiger partial charge in [0.05, 0.1) is 11.8 Å². The standard InChI is InChI=1S/C14H13NO4/c1-8-5-10(7-18-8)13(16)9-3-4-11-12(6-9)19-14(17)15(11)2/h3-7,13,16H,1-2H3. The van der Waals surface area contributed by atoms with Crippen molar-refractivity contribution < 1.29 is 13.9 Å². The fourth-order valence-corrected chi connectivity index (χ4v) is 2.12. The third kappa shape index (κ3) is 1.88. The molecule has 19 heavy (non-hydrogen) atoms. The van der Waals surface area contributed by atoms with Gasteiger partial charge in [-0.1, -0.05) is 6.07 Å². The van der Waals surface area contributed by atoms with Crippen LogP contribution in [0.2, 0.25) is 0 Å². The van der Waals surface area contributed by atoms with E-state index in [1.54, 1.807) is 31.3 Å². The molecule has 2 aromatic heterocycles. The Morgan fingerprint density at radius 3 is 2.74 bits per heavy atom. The van der Waals surface area contributed by atoms with Gasteiger partial charge in [0.25, 0.3) is 0 Å². The summed E-state index contributed by atoms with van der Waals surface area (Å²) in [6.45, 7) is 1.82. The van der Waals surface area contributed by atoms with Crippen LogP contribution in [0.25, 0.3) is 11.1 Å². The molecule has 1 aromatic carbocycles. The summed E-state index contributed by atoms with van der Waals surface area (Å²) in [5, 5.41) is 10.3. The summed E-state index contributed by atoms with van der Waals surface area (Å²) in [6.07, 6.45) is 0.720. The number of hydrogen-bond donors (Lipinski definition) is 1. The van der Waals surface area contributed by atoms with Crippen LogP contribution in [0.1, 0.15) is 23.0 Å². The first kappa shape index (κ1) is 11.8. The molecule has 0 radical (unpaired) electrons. The number of aryl methyl sites for hydroxylation is 2. The Morgan fingerprint density at radius 2 is 2.05 bits per heavy atom. The minimum absolute atomic E-state index is 0.416. The predicted molar refractivity (Wildman–Crippen MR) is 69.0 cm³/mol. The van der Waals surface area contributed by atoms with Crippen LogP contribution >= 0.6 is 0 Å². The number of nitrogens with zero attached hydrogens (tertiary/aromatic N) is 1. The maximum atomic E-state index is 11.4. The zero-order valence-corrected chi connectivity index (χ0v) is 10.6. The number of benzene rings is 1. The molecule has 0 saturated heterocycles. The molecule has 1 N–H and O–H groups in total. The molecule has 98 valence electrons. The van der Waals surface area contributed by atoms with Crippen LogP contribution in [0.15, 0.2) is 44.2 Å². The smallest absolute Gasteiger partial charge is 0.419 e. The lowest BCUT2D eigenvalue weighted by molar-refractivity contribution is 0.219. The van der Waals surface area contributed by atoms with Gasteiger partial charge in [-0.15, -0.1) is 0 Å². The van der Waals surface area contributed by atoms with E-state index in [1.807, 2.05) is 6.92 Å². The summed E-state index contributed by atoms with van der Waals surface area (Å²) in [6, 6.07) is 6.97. The predicted octanol–water partition coefficient (Wildman–Crippen LogP) is 2.11. The molecule has 0 saturated carbocycles. The molecule has 0 amide bonds. The third-order valence-corrected chi connectivity index (χ3v) is 3.20. The van der Waals surface area contributed by atoms with Crippen molar-refractivity contribution in [3.63, 3.8) is 0 Å². The fourth-order valence-electron chi connectivity index (χ4n) is 2.12. The lowest BCUT2D eigenvalue weighted by Gasteiger charge is -2.08. The highest BCUT2D eigenvalue weighted by molar-refractivity contribution is 5.73. The molecule has 0 aliphatic carbocycles. The fraction of sp³-hybridized carbons (Fsp3) is 0.214. The third-order valence-electron chi connectivity index (χ3n) is 3.20. The van der Waals surface area contributed by atoms with Gasteiger partial charge in [0.1, 0.15) is 11.9 Å². The summed E-state index contributed by atoms with van der Waals surface area (Å²) in [5.41, 5.74) is 2.49. The topological polar surface area (TPSA) is 68.5 Å². The molecule has 0 aliphatic heterocycles. The Morgan fingerprint density at radius 1 is 1.26 bits per heavy atom. The number of rotatable bonds is 2. The van der Waals surface area contributed by atoms with E-state index in [4.69, 9.17) is 8.83 Å². The number of fused-ring (bicyclic) bond motifs is 1. The molecule has 0 aliphatic rings. The summed E-state index contributed by atoms with van der Waals surface area (Å²) in [7, 11) is 1.64. The Bertz CT molecular complexity index is 793. The highest BCUT2D eigenvalue weighted by Gasteiger charge is 2.15. The van der Waals surface area contributed by atoms with Crippen molar-refractivity contribution in [1.82, 2.24) is 4.57 Å². The molecule has 5 heteroatoms. The second-order valence-electron chi connectivity index (χ2n) is 4.55. The largest absolute Gasteiger partial charge is 0.469 e. The van der Waals surface area contributed by atoms with E-state index >= 15 is 0 Å². The summed E-state index contributed by atoms with van der Waals surface area (Å²) >= 11 is 0. The number of furan rings is 1. The minimum atomic E-state index is -0.799. The maximum absolute atomic E-state index is 11.4. The first-order chi connectivity index (χ1) is 9.06. The highest BCUT2D eigenvalue weighted by Crippen LogP contribution is 2.26. The Labute approximate surface area is 108 Å². The molecule has 0 bridgehead atoms. The van der Waals surface area contributed by atoms with Crippen molar-refractivity contribution in [2.75, 3.05) is 0 Å². The van der Waals surface area contributed by atoms with E-state index in [9.17, 15) is 9.90 Å². The van der Waals surface area contributed by atoms with Crippen LogP contribution in [0.3, 0.4) is 0 Å². The van der Waals surface area contributed by atoms with Gasteiger partial charge in [-0.2, -0.15) is 0 Å². The normalized spacial score (nSPS) is 13.0. The van der Waals surface area contributed by atoms with E-state index in [-0.39, 0.29) is 0 Å². The quantitative estimate of drug-likeness (QED) is 0.765. The van der Waals surface area contributed by atoms with Crippen molar-refractivity contribution in [3.05, 3.63) is 58.0 Å². The molecule has 3 rings (SSSR count). The molecule has 1 atom stereocenters. The summed E-state index contributed by atoms with van der Waals surface area (Å²) < 4.78 is 11.7. The van der Waals surface area contributed by atoms with Crippen LogP contribution in [0, 0.1) is 6.92 Å². The van der Waals surface area contributed by atoms with Crippen molar-refractivity contribution in [1.29, 1.82) is 0 Å². The Kier molecular flexibility index (Phi) is 2.57. The minimum Gasteiger partial charge on any atom is -0.469 e. The Balaban J connectivity index is 2.08. The number of hydrogen-bond acceptors (Lipinski definition) is 4. The molecule has 0 fully saturated rings. The van der Waals surface area contributed by atoms with Gasteiger partial charge in [0.15, 0.2) is 5.58 Å². The lowest BCUT2D eigenvalue weighted by atomic mass is 10.0. The van der Waals surface area contributed by atoms with Gasteiger partial charge in [-0.05, 0) is 30.7 Å². The zero-order valence-electron chi connectivity index (χ0n) is 10.6. The van der Waals surface area contributed by atoms with Gasteiger partial charge in [-0.3, -0.25) is 4.57 Å². The van der Waals surface area contributed by atoms with Crippen molar-refractivity contribution >= 4 is 11.1 Å². The molecular formula is C14H13NO4. The molecule has 5 nitrogen and oxygen atoms in total. The van der Waals surface area contributed by atoms with Gasteiger partial charge in [0, 0.05) is 12.6 Å². The monoisotopic (exact) mass is 259 g/mol. The van der Waals surface area contributed by atoms with Crippen molar-refractivity contribution in [2.24, 2.45) is 7.05 Å². The van der Waals surface area contributed by atoms with E-state index in [2.05, 4.69) is 0 Å². The summed E-state index contributed by atoms with van der Waals surface area (Å²) in [5.74, 6) is 0.321. The summed E-state index contributed by atoms with van der Waals surface area (Å²) in [4.78, 5) is 11.4. The average molecular weight is 259 g/mol. The second-order valence-corrected chi connectivity index (χ2v) is 4.55. The first-order valence-electron chi connectivity index (χ1n) is 5.89. The molecule has 0 spiro atoms. The molecular weight excluding hydrogens is 246 g/mol. The maximum Gasteiger partial charge on any atom is 0.419 e. The van der Waals surface area contributed by atoms with Crippen LogP contribution in [-0.4, -0.2) is 9.67 Å². The van der Waals surface area contributed by atoms with E-state index in [1.165, 1.54) is 10.8 Å². The first-order valence-corrected chi connectivity index (χ1v) is 5.89. The second kappa shape index (κ2) is 4.13. The van der Waals surface area contributed by atoms with E-state index in [0.29, 0.717) is 22.2 Å².